The minimum absolute atomic E-state index is 0.0854. The van der Waals surface area contributed by atoms with Gasteiger partial charge in [-0.3, -0.25) is 4.79 Å². The van der Waals surface area contributed by atoms with Gasteiger partial charge in [0.1, 0.15) is 0 Å². The lowest BCUT2D eigenvalue weighted by atomic mass is 10.2. The summed E-state index contributed by atoms with van der Waals surface area (Å²) in [4.78, 5) is 12.9. The van der Waals surface area contributed by atoms with Crippen molar-refractivity contribution in [2.45, 2.75) is 24.9 Å². The number of unbranched alkanes of at least 4 members (excludes halogenated alkanes) is 1. The van der Waals surface area contributed by atoms with Crippen molar-refractivity contribution >= 4 is 5.91 Å². The average Bonchev–Trinajstić information content (AvgIpc) is 2.21. The Balaban J connectivity index is 3.98. The van der Waals surface area contributed by atoms with Crippen molar-refractivity contribution < 1.29 is 26.7 Å². The molecule has 0 aromatic heterocycles. The van der Waals surface area contributed by atoms with E-state index in [1.165, 1.54) is 5.32 Å². The number of nitrogens with one attached hydrogen (secondary N) is 1. The summed E-state index contributed by atoms with van der Waals surface area (Å²) in [5.41, 5.74) is 7.87. The van der Waals surface area contributed by atoms with Gasteiger partial charge in [-0.2, -0.15) is 22.0 Å². The lowest BCUT2D eigenvalue weighted by Crippen LogP contribution is -2.50. The summed E-state index contributed by atoms with van der Waals surface area (Å²) in [5, 5.41) is 4.58. The van der Waals surface area contributed by atoms with Crippen LogP contribution in [0.2, 0.25) is 0 Å². The monoisotopic (exact) mass is 260 g/mol. The fraction of sp³-hybridized carbons (Fsp3) is 0.857. The zero-order chi connectivity index (χ0) is 13.5. The number of halogens is 5. The van der Waals surface area contributed by atoms with E-state index < -0.39 is 18.0 Å². The molecule has 0 atom stereocenters. The predicted molar refractivity (Wildman–Crippen MR) is 47.3 cm³/mol. The van der Waals surface area contributed by atoms with Gasteiger partial charge in [0.2, 0.25) is 0 Å². The second-order valence-electron chi connectivity index (χ2n) is 2.99. The fourth-order valence-corrected chi connectivity index (χ4v) is 0.794. The molecule has 0 fully saturated rings. The first-order valence-electron chi connectivity index (χ1n) is 4.47. The largest absolute Gasteiger partial charge is 0.463 e. The van der Waals surface area contributed by atoms with E-state index in [1.807, 2.05) is 0 Å². The molecule has 0 saturated carbocycles. The number of carbonyl (C=O) groups excluding carboxylic acids is 1. The lowest BCUT2D eigenvalue weighted by molar-refractivity contribution is -0.269. The van der Waals surface area contributed by atoms with Crippen molar-refractivity contribution in [1.29, 1.82) is 0 Å². The number of amides is 1. The molecule has 10 heteroatoms. The van der Waals surface area contributed by atoms with E-state index in [1.54, 1.807) is 0 Å². The van der Waals surface area contributed by atoms with Crippen LogP contribution in [0, 0.1) is 0 Å². The molecule has 0 rings (SSSR count). The molecule has 0 saturated heterocycles. The standard InChI is InChI=1S/C7H9F5N4O/c8-6(9,7(10,11)12)5(17)14-3-1-2-4-15-16-13/h1-4H2,(H,14,17). The number of nitrogens with zero attached hydrogens (tertiary/aromatic N) is 3. The Bertz CT molecular complexity index is 310. The fourth-order valence-electron chi connectivity index (χ4n) is 0.794. The van der Waals surface area contributed by atoms with Crippen molar-refractivity contribution in [1.82, 2.24) is 5.32 Å². The van der Waals surface area contributed by atoms with Gasteiger partial charge < -0.3 is 5.32 Å². The van der Waals surface area contributed by atoms with Crippen molar-refractivity contribution in [3.8, 4) is 0 Å². The molecule has 98 valence electrons. The Morgan fingerprint density at radius 1 is 1.24 bits per heavy atom. The van der Waals surface area contributed by atoms with Crippen molar-refractivity contribution in [3.63, 3.8) is 0 Å². The first-order valence-corrected chi connectivity index (χ1v) is 4.47. The highest BCUT2D eigenvalue weighted by Gasteiger charge is 2.63. The molecular weight excluding hydrogens is 251 g/mol. The molecule has 17 heavy (non-hydrogen) atoms. The maximum absolute atomic E-state index is 12.4. The van der Waals surface area contributed by atoms with Crippen molar-refractivity contribution in [3.05, 3.63) is 10.4 Å². The molecule has 0 aromatic rings. The third kappa shape index (κ3) is 4.85. The van der Waals surface area contributed by atoms with Gasteiger partial charge in [-0.15, -0.1) is 0 Å². The highest BCUT2D eigenvalue weighted by atomic mass is 19.4. The molecule has 0 aliphatic rings. The Kier molecular flexibility index (Phi) is 5.66. The Morgan fingerprint density at radius 2 is 1.82 bits per heavy atom. The molecule has 1 amide bonds. The Hall–Kier alpha value is -1.57. The number of alkyl halides is 5. The highest BCUT2D eigenvalue weighted by molar-refractivity contribution is 5.84. The molecule has 0 heterocycles. The minimum Gasteiger partial charge on any atom is -0.351 e. The summed E-state index contributed by atoms with van der Waals surface area (Å²) in [6.07, 6.45) is -5.48. The van der Waals surface area contributed by atoms with Crippen LogP contribution in [-0.2, 0) is 4.79 Å². The number of azide groups is 1. The molecule has 1 N–H and O–H groups in total. The van der Waals surface area contributed by atoms with Gasteiger partial charge in [0.05, 0.1) is 0 Å². The zero-order valence-electron chi connectivity index (χ0n) is 8.47. The van der Waals surface area contributed by atoms with Crippen LogP contribution < -0.4 is 5.32 Å². The number of hydrogen-bond donors (Lipinski definition) is 1. The van der Waals surface area contributed by atoms with Crippen molar-refractivity contribution in [2.24, 2.45) is 5.11 Å². The quantitative estimate of drug-likeness (QED) is 0.257. The maximum Gasteiger partial charge on any atom is 0.463 e. The summed E-state index contributed by atoms with van der Waals surface area (Å²) in [7, 11) is 0. The van der Waals surface area contributed by atoms with Crippen molar-refractivity contribution in [2.75, 3.05) is 13.1 Å². The molecule has 0 radical (unpaired) electrons. The van der Waals surface area contributed by atoms with E-state index in [9.17, 15) is 26.7 Å². The average molecular weight is 260 g/mol. The second-order valence-corrected chi connectivity index (χ2v) is 2.99. The van der Waals surface area contributed by atoms with E-state index in [0.717, 1.165) is 0 Å². The van der Waals surface area contributed by atoms with E-state index >= 15 is 0 Å². The Labute approximate surface area is 92.6 Å². The zero-order valence-corrected chi connectivity index (χ0v) is 8.47. The molecule has 5 nitrogen and oxygen atoms in total. The second kappa shape index (κ2) is 6.24. The van der Waals surface area contributed by atoms with E-state index in [-0.39, 0.29) is 25.9 Å². The topological polar surface area (TPSA) is 77.9 Å². The minimum atomic E-state index is -5.90. The Morgan fingerprint density at radius 3 is 2.29 bits per heavy atom. The third-order valence-electron chi connectivity index (χ3n) is 1.67. The van der Waals surface area contributed by atoms with Gasteiger partial charge in [-0.05, 0) is 18.4 Å². The van der Waals surface area contributed by atoms with Crippen LogP contribution in [0.15, 0.2) is 5.11 Å². The number of rotatable bonds is 6. The number of carbonyl (C=O) groups is 1. The summed E-state index contributed by atoms with van der Waals surface area (Å²) >= 11 is 0. The molecule has 0 aliphatic carbocycles. The first kappa shape index (κ1) is 15.4. The van der Waals surface area contributed by atoms with Gasteiger partial charge in [0.25, 0.3) is 5.91 Å². The molecule has 0 bridgehead atoms. The van der Waals surface area contributed by atoms with E-state index in [4.69, 9.17) is 5.53 Å². The summed E-state index contributed by atoms with van der Waals surface area (Å²) in [5.74, 6) is -7.77. The molecular formula is C7H9F5N4O. The van der Waals surface area contributed by atoms with Crippen LogP contribution >= 0.6 is 0 Å². The van der Waals surface area contributed by atoms with Crippen LogP contribution in [0.3, 0.4) is 0 Å². The highest BCUT2D eigenvalue weighted by Crippen LogP contribution is 2.35. The van der Waals surface area contributed by atoms with Gasteiger partial charge in [0.15, 0.2) is 0 Å². The normalized spacial score (nSPS) is 11.8. The smallest absolute Gasteiger partial charge is 0.351 e. The van der Waals surface area contributed by atoms with Crippen LogP contribution in [0.1, 0.15) is 12.8 Å². The third-order valence-corrected chi connectivity index (χ3v) is 1.67. The van der Waals surface area contributed by atoms with Gasteiger partial charge in [-0.25, -0.2) is 0 Å². The van der Waals surface area contributed by atoms with Crippen LogP contribution in [0.5, 0.6) is 0 Å². The summed E-state index contributed by atoms with van der Waals surface area (Å²) < 4.78 is 59.8. The van der Waals surface area contributed by atoms with Gasteiger partial charge >= 0.3 is 12.1 Å². The van der Waals surface area contributed by atoms with Crippen LogP contribution in [0.25, 0.3) is 10.4 Å². The molecule has 0 spiro atoms. The predicted octanol–water partition coefficient (Wildman–Crippen LogP) is 2.39. The lowest BCUT2D eigenvalue weighted by Gasteiger charge is -2.18. The number of hydrogen-bond acceptors (Lipinski definition) is 2. The van der Waals surface area contributed by atoms with E-state index in [0.29, 0.717) is 0 Å². The molecule has 0 unspecified atom stereocenters. The van der Waals surface area contributed by atoms with Crippen LogP contribution in [-0.4, -0.2) is 31.1 Å². The maximum atomic E-state index is 12.4. The van der Waals surface area contributed by atoms with Gasteiger partial charge in [-0.1, -0.05) is 5.11 Å². The summed E-state index contributed by atoms with van der Waals surface area (Å²) in [6.45, 7) is -0.256. The van der Waals surface area contributed by atoms with Gasteiger partial charge in [0, 0.05) is 18.0 Å². The molecule has 0 aliphatic heterocycles. The SMILES string of the molecule is [N-]=[N+]=NCCCCNC(=O)C(F)(F)C(F)(F)F. The van der Waals surface area contributed by atoms with E-state index in [2.05, 4.69) is 10.0 Å². The van der Waals surface area contributed by atoms with Crippen LogP contribution in [0.4, 0.5) is 22.0 Å². The summed E-state index contributed by atoms with van der Waals surface area (Å²) in [6, 6.07) is 0. The first-order chi connectivity index (χ1) is 7.73. The molecule has 0 aromatic carbocycles.